The Morgan fingerprint density at radius 1 is 1.40 bits per heavy atom. The molecule has 0 aromatic carbocycles. The number of aromatic nitrogens is 1. The van der Waals surface area contributed by atoms with E-state index in [1.807, 2.05) is 0 Å². The normalized spacial score (nSPS) is 14.0. The maximum Gasteiger partial charge on any atom is 0.127 e. The van der Waals surface area contributed by atoms with Gasteiger partial charge in [-0.2, -0.15) is 0 Å². The first-order chi connectivity index (χ1) is 4.72. The molecule has 0 spiro atoms. The van der Waals surface area contributed by atoms with Crippen LogP contribution in [0.4, 0.5) is 0 Å². The largest absolute Gasteiger partial charge is 0.364 e. The summed E-state index contributed by atoms with van der Waals surface area (Å²) < 4.78 is 4.74. The summed E-state index contributed by atoms with van der Waals surface area (Å²) in [7, 11) is 0. The Hall–Kier alpha value is -0.790. The fraction of sp³-hybridized carbons (Fsp3) is 0.625. The molecule has 0 saturated carbocycles. The lowest BCUT2D eigenvalue weighted by Crippen LogP contribution is -1.99. The number of rotatable bonds is 2. The first-order valence-electron chi connectivity index (χ1n) is 3.61. The third-order valence-corrected chi connectivity index (χ3v) is 1.98. The predicted octanol–water partition coefficient (Wildman–Crippen LogP) is 2.43. The van der Waals surface area contributed by atoms with Crippen LogP contribution in [-0.4, -0.2) is 5.16 Å². The average Bonchev–Trinajstić information content (AvgIpc) is 2.36. The van der Waals surface area contributed by atoms with Crippen molar-refractivity contribution in [3.8, 4) is 0 Å². The second kappa shape index (κ2) is 2.86. The molecule has 1 aromatic heterocycles. The van der Waals surface area contributed by atoms with E-state index in [2.05, 4.69) is 25.9 Å². The fourth-order valence-electron chi connectivity index (χ4n) is 0.823. The Morgan fingerprint density at radius 2 is 2.10 bits per heavy atom. The quantitative estimate of drug-likeness (QED) is 0.629. The molecule has 1 aromatic rings. The van der Waals surface area contributed by atoms with Crippen LogP contribution in [0.3, 0.4) is 0 Å². The third-order valence-electron chi connectivity index (χ3n) is 1.98. The molecule has 56 valence electrons. The maximum absolute atomic E-state index is 4.74. The summed E-state index contributed by atoms with van der Waals surface area (Å²) in [6, 6.07) is 0. The summed E-state index contributed by atoms with van der Waals surface area (Å²) in [6.07, 6.45) is 3.50. The summed E-state index contributed by atoms with van der Waals surface area (Å²) in [6.45, 7) is 6.56. The van der Waals surface area contributed by atoms with E-state index >= 15 is 0 Å². The van der Waals surface area contributed by atoms with Gasteiger partial charge in [0.15, 0.2) is 0 Å². The van der Waals surface area contributed by atoms with Gasteiger partial charge in [0.1, 0.15) is 6.26 Å². The Morgan fingerprint density at radius 3 is 2.50 bits per heavy atom. The van der Waals surface area contributed by atoms with Crippen molar-refractivity contribution in [2.75, 3.05) is 0 Å². The molecular weight excluding hydrogens is 126 g/mol. The van der Waals surface area contributed by atoms with Crippen LogP contribution in [0.5, 0.6) is 0 Å². The van der Waals surface area contributed by atoms with Crippen molar-refractivity contribution in [1.29, 1.82) is 0 Å². The highest BCUT2D eigenvalue weighted by atomic mass is 16.5. The predicted molar refractivity (Wildman–Crippen MR) is 39.8 cm³/mol. The van der Waals surface area contributed by atoms with Crippen molar-refractivity contribution < 1.29 is 4.52 Å². The van der Waals surface area contributed by atoms with E-state index in [9.17, 15) is 0 Å². The molecule has 0 aliphatic carbocycles. The van der Waals surface area contributed by atoms with Crippen molar-refractivity contribution in [3.63, 3.8) is 0 Å². The van der Waals surface area contributed by atoms with Crippen LogP contribution in [0.25, 0.3) is 0 Å². The molecule has 0 radical (unpaired) electrons. The number of hydrogen-bond donors (Lipinski definition) is 0. The Labute approximate surface area is 61.2 Å². The van der Waals surface area contributed by atoms with Crippen molar-refractivity contribution in [2.24, 2.45) is 5.92 Å². The lowest BCUT2D eigenvalue weighted by atomic mass is 9.93. The molecule has 1 atom stereocenters. The van der Waals surface area contributed by atoms with Crippen LogP contribution in [0.15, 0.2) is 17.0 Å². The van der Waals surface area contributed by atoms with Crippen LogP contribution in [-0.2, 0) is 0 Å². The van der Waals surface area contributed by atoms with E-state index in [-0.39, 0.29) is 0 Å². The van der Waals surface area contributed by atoms with E-state index in [4.69, 9.17) is 4.52 Å². The van der Waals surface area contributed by atoms with Gasteiger partial charge >= 0.3 is 0 Å². The van der Waals surface area contributed by atoms with Gasteiger partial charge in [-0.05, 0) is 11.8 Å². The van der Waals surface area contributed by atoms with E-state index in [1.54, 1.807) is 12.5 Å². The standard InChI is InChI=1S/C8H13NO/c1-6(2)7(3)8-4-9-10-5-8/h4-7H,1-3H3. The van der Waals surface area contributed by atoms with Gasteiger partial charge in [0.05, 0.1) is 6.20 Å². The molecule has 0 fully saturated rings. The van der Waals surface area contributed by atoms with Crippen LogP contribution >= 0.6 is 0 Å². The molecule has 0 amide bonds. The topological polar surface area (TPSA) is 26.0 Å². The highest BCUT2D eigenvalue weighted by molar-refractivity contribution is 5.07. The van der Waals surface area contributed by atoms with E-state index < -0.39 is 0 Å². The van der Waals surface area contributed by atoms with Crippen LogP contribution in [0.1, 0.15) is 32.3 Å². The van der Waals surface area contributed by atoms with Crippen LogP contribution in [0, 0.1) is 5.92 Å². The highest BCUT2D eigenvalue weighted by Crippen LogP contribution is 2.22. The van der Waals surface area contributed by atoms with Crippen molar-refractivity contribution in [3.05, 3.63) is 18.0 Å². The van der Waals surface area contributed by atoms with Gasteiger partial charge in [0.25, 0.3) is 0 Å². The van der Waals surface area contributed by atoms with Gasteiger partial charge < -0.3 is 4.52 Å². The highest BCUT2D eigenvalue weighted by Gasteiger charge is 2.10. The van der Waals surface area contributed by atoms with Gasteiger partial charge in [-0.1, -0.05) is 25.9 Å². The van der Waals surface area contributed by atoms with E-state index in [1.165, 1.54) is 5.56 Å². The second-order valence-corrected chi connectivity index (χ2v) is 2.99. The molecule has 0 aliphatic rings. The van der Waals surface area contributed by atoms with E-state index in [0.29, 0.717) is 11.8 Å². The van der Waals surface area contributed by atoms with Crippen molar-refractivity contribution in [2.45, 2.75) is 26.7 Å². The smallest absolute Gasteiger partial charge is 0.127 e. The van der Waals surface area contributed by atoms with Crippen LogP contribution < -0.4 is 0 Å². The molecular formula is C8H13NO. The molecule has 1 rings (SSSR count). The molecule has 0 bridgehead atoms. The van der Waals surface area contributed by atoms with Gasteiger partial charge in [-0.25, -0.2) is 0 Å². The Kier molecular flexibility index (Phi) is 2.10. The minimum atomic E-state index is 0.547. The first-order valence-corrected chi connectivity index (χ1v) is 3.61. The molecule has 0 saturated heterocycles. The van der Waals surface area contributed by atoms with Crippen LogP contribution in [0.2, 0.25) is 0 Å². The van der Waals surface area contributed by atoms with Gasteiger partial charge in [0, 0.05) is 5.56 Å². The zero-order chi connectivity index (χ0) is 7.56. The summed E-state index contributed by atoms with van der Waals surface area (Å²) in [4.78, 5) is 0. The van der Waals surface area contributed by atoms with Crippen molar-refractivity contribution >= 4 is 0 Å². The van der Waals surface area contributed by atoms with Crippen molar-refractivity contribution in [1.82, 2.24) is 5.16 Å². The fourth-order valence-corrected chi connectivity index (χ4v) is 0.823. The van der Waals surface area contributed by atoms with Gasteiger partial charge in [0.2, 0.25) is 0 Å². The number of hydrogen-bond acceptors (Lipinski definition) is 2. The second-order valence-electron chi connectivity index (χ2n) is 2.99. The molecule has 0 aliphatic heterocycles. The zero-order valence-corrected chi connectivity index (χ0v) is 6.66. The number of nitrogens with zero attached hydrogens (tertiary/aromatic N) is 1. The van der Waals surface area contributed by atoms with Gasteiger partial charge in [-0.3, -0.25) is 0 Å². The maximum atomic E-state index is 4.74. The third kappa shape index (κ3) is 1.38. The zero-order valence-electron chi connectivity index (χ0n) is 6.66. The SMILES string of the molecule is CC(C)C(C)c1cnoc1. The minimum absolute atomic E-state index is 0.547. The molecule has 0 N–H and O–H groups in total. The molecule has 1 unspecified atom stereocenters. The van der Waals surface area contributed by atoms with E-state index in [0.717, 1.165) is 0 Å². The minimum Gasteiger partial charge on any atom is -0.364 e. The molecule has 2 nitrogen and oxygen atoms in total. The average molecular weight is 139 g/mol. The first kappa shape index (κ1) is 7.32. The Balaban J connectivity index is 2.68. The lowest BCUT2D eigenvalue weighted by molar-refractivity contribution is 0.416. The summed E-state index contributed by atoms with van der Waals surface area (Å²) >= 11 is 0. The summed E-state index contributed by atoms with van der Waals surface area (Å²) in [5, 5.41) is 3.65. The molecule has 1 heterocycles. The monoisotopic (exact) mass is 139 g/mol. The molecule has 10 heavy (non-hydrogen) atoms. The molecule has 2 heteroatoms. The van der Waals surface area contributed by atoms with Gasteiger partial charge in [-0.15, -0.1) is 0 Å². The summed E-state index contributed by atoms with van der Waals surface area (Å²) in [5.41, 5.74) is 1.19. The summed E-state index contributed by atoms with van der Waals surface area (Å²) in [5.74, 6) is 1.20. The lowest BCUT2D eigenvalue weighted by Gasteiger charge is -2.11. The Bertz CT molecular complexity index is 179.